The molecule has 4 nitrogen and oxygen atoms in total. The second-order valence-electron chi connectivity index (χ2n) is 3.50. The molecule has 1 atom stereocenters. The molecule has 0 saturated carbocycles. The number of carboxylic acid groups (broad SMARTS) is 1. The molecule has 2 rings (SSSR count). The smallest absolute Gasteiger partial charge is 0.358 e. The van der Waals surface area contributed by atoms with Gasteiger partial charge in [0.15, 0.2) is 11.4 Å². The second-order valence-corrected chi connectivity index (χ2v) is 3.50. The van der Waals surface area contributed by atoms with E-state index in [1.165, 1.54) is 18.3 Å². The molecule has 92 valence electrons. The zero-order valence-electron chi connectivity index (χ0n) is 9.29. The van der Waals surface area contributed by atoms with Crippen molar-refractivity contribution in [2.24, 2.45) is 0 Å². The summed E-state index contributed by atoms with van der Waals surface area (Å²) in [4.78, 5) is 14.5. The Kier molecular flexibility index (Phi) is 3.52. The lowest BCUT2D eigenvalue weighted by Gasteiger charge is -2.12. The molecule has 2 aromatic rings. The van der Waals surface area contributed by atoms with Gasteiger partial charge >= 0.3 is 5.97 Å². The van der Waals surface area contributed by atoms with Gasteiger partial charge in [-0.3, -0.25) is 0 Å². The van der Waals surface area contributed by atoms with Gasteiger partial charge < -0.3 is 9.84 Å². The highest BCUT2D eigenvalue weighted by Gasteiger charge is 2.17. The lowest BCUT2D eigenvalue weighted by atomic mass is 10.2. The minimum Gasteiger partial charge on any atom is -0.476 e. The number of pyridine rings is 1. The Morgan fingerprint density at radius 3 is 2.61 bits per heavy atom. The third kappa shape index (κ3) is 2.63. The van der Waals surface area contributed by atoms with E-state index in [1.807, 2.05) is 0 Å². The summed E-state index contributed by atoms with van der Waals surface area (Å²) in [6.45, 7) is 0. The monoisotopic (exact) mass is 247 g/mol. The first-order valence-corrected chi connectivity index (χ1v) is 5.22. The maximum Gasteiger partial charge on any atom is 0.358 e. The van der Waals surface area contributed by atoms with Crippen LogP contribution in [0.15, 0.2) is 48.7 Å². The third-order valence-corrected chi connectivity index (χ3v) is 2.27. The number of rotatable bonds is 4. The van der Waals surface area contributed by atoms with E-state index in [0.717, 1.165) is 0 Å². The predicted molar refractivity (Wildman–Crippen MR) is 62.1 cm³/mol. The van der Waals surface area contributed by atoms with Gasteiger partial charge in [-0.25, -0.2) is 9.78 Å². The molecule has 0 aliphatic heterocycles. The van der Waals surface area contributed by atoms with Crippen LogP contribution in [0.25, 0.3) is 0 Å². The van der Waals surface area contributed by atoms with E-state index < -0.39 is 12.3 Å². The van der Waals surface area contributed by atoms with Gasteiger partial charge in [-0.05, 0) is 12.1 Å². The zero-order valence-corrected chi connectivity index (χ0v) is 9.29. The maximum absolute atomic E-state index is 13.8. The number of aromatic carboxylic acids is 1. The summed E-state index contributed by atoms with van der Waals surface area (Å²) in [5.41, 5.74) is 0.00812. The number of hydrogen-bond donors (Lipinski definition) is 1. The molecule has 1 N–H and O–H groups in total. The van der Waals surface area contributed by atoms with Crippen LogP contribution in [-0.4, -0.2) is 16.1 Å². The first-order chi connectivity index (χ1) is 8.68. The van der Waals surface area contributed by atoms with Crippen LogP contribution >= 0.6 is 0 Å². The Bertz CT molecular complexity index is 545. The van der Waals surface area contributed by atoms with Crippen molar-refractivity contribution in [2.75, 3.05) is 0 Å². The highest BCUT2D eigenvalue weighted by atomic mass is 19.1. The number of carbonyl (C=O) groups is 1. The molecule has 1 heterocycles. The van der Waals surface area contributed by atoms with Gasteiger partial charge in [0.2, 0.25) is 0 Å². The molecule has 0 radical (unpaired) electrons. The molecule has 0 spiro atoms. The van der Waals surface area contributed by atoms with Gasteiger partial charge in [0, 0.05) is 11.8 Å². The highest BCUT2D eigenvalue weighted by Crippen LogP contribution is 2.24. The van der Waals surface area contributed by atoms with E-state index in [-0.39, 0.29) is 11.4 Å². The molecular weight excluding hydrogens is 237 g/mol. The fraction of sp³-hybridized carbons (Fsp3) is 0.0769. The lowest BCUT2D eigenvalue weighted by molar-refractivity contribution is 0.0582. The minimum atomic E-state index is -1.73. The van der Waals surface area contributed by atoms with Crippen molar-refractivity contribution < 1.29 is 19.0 Å². The third-order valence-electron chi connectivity index (χ3n) is 2.27. The molecule has 0 aliphatic carbocycles. The number of carboxylic acids is 1. The van der Waals surface area contributed by atoms with Gasteiger partial charge in [-0.2, -0.15) is 4.39 Å². The van der Waals surface area contributed by atoms with Crippen molar-refractivity contribution in [1.29, 1.82) is 0 Å². The normalized spacial score (nSPS) is 11.8. The van der Waals surface area contributed by atoms with Crippen LogP contribution in [0.2, 0.25) is 0 Å². The summed E-state index contributed by atoms with van der Waals surface area (Å²) < 4.78 is 18.8. The quantitative estimate of drug-likeness (QED) is 0.902. The summed E-state index contributed by atoms with van der Waals surface area (Å²) in [5.74, 6) is -1.35. The largest absolute Gasteiger partial charge is 0.476 e. The standard InChI is InChI=1S/C13H10FNO3/c14-12(9-5-2-1-3-6-9)18-10-7-4-8-15-11(10)13(16)17/h1-8,12H,(H,16,17). The molecule has 1 aromatic heterocycles. The van der Waals surface area contributed by atoms with Crippen molar-refractivity contribution in [2.45, 2.75) is 6.36 Å². The highest BCUT2D eigenvalue weighted by molar-refractivity contribution is 5.88. The van der Waals surface area contributed by atoms with Gasteiger partial charge in [-0.1, -0.05) is 30.3 Å². The SMILES string of the molecule is O=C(O)c1ncccc1OC(F)c1ccccc1. The molecule has 0 bridgehead atoms. The second kappa shape index (κ2) is 5.27. The summed E-state index contributed by atoms with van der Waals surface area (Å²) in [6.07, 6.45) is -0.417. The lowest BCUT2D eigenvalue weighted by Crippen LogP contribution is -2.08. The minimum absolute atomic E-state index is 0.0960. The van der Waals surface area contributed by atoms with Crippen molar-refractivity contribution in [1.82, 2.24) is 4.98 Å². The molecule has 5 heteroatoms. The Labute approximate surface area is 103 Å². The molecular formula is C13H10FNO3. The van der Waals surface area contributed by atoms with Crippen molar-refractivity contribution in [3.63, 3.8) is 0 Å². The van der Waals surface area contributed by atoms with E-state index in [9.17, 15) is 9.18 Å². The number of ether oxygens (including phenoxy) is 1. The number of aromatic nitrogens is 1. The molecule has 0 aliphatic rings. The van der Waals surface area contributed by atoms with Crippen LogP contribution in [0.5, 0.6) is 5.75 Å². The van der Waals surface area contributed by atoms with Crippen molar-refractivity contribution in [3.8, 4) is 5.75 Å². The Balaban J connectivity index is 2.22. The maximum atomic E-state index is 13.8. The van der Waals surface area contributed by atoms with E-state index in [2.05, 4.69) is 4.98 Å². The fourth-order valence-corrected chi connectivity index (χ4v) is 1.43. The number of alkyl halides is 1. The molecule has 0 amide bonds. The van der Waals surface area contributed by atoms with Gasteiger partial charge in [0.1, 0.15) is 0 Å². The number of benzene rings is 1. The molecule has 0 saturated heterocycles. The van der Waals surface area contributed by atoms with E-state index in [0.29, 0.717) is 5.56 Å². The predicted octanol–water partition coefficient (Wildman–Crippen LogP) is 2.83. The van der Waals surface area contributed by atoms with Crippen LogP contribution in [-0.2, 0) is 0 Å². The van der Waals surface area contributed by atoms with Crippen LogP contribution in [0.3, 0.4) is 0 Å². The van der Waals surface area contributed by atoms with Crippen molar-refractivity contribution >= 4 is 5.97 Å². The van der Waals surface area contributed by atoms with Crippen LogP contribution < -0.4 is 4.74 Å². The van der Waals surface area contributed by atoms with Gasteiger partial charge in [0.05, 0.1) is 0 Å². The number of hydrogen-bond acceptors (Lipinski definition) is 3. The average molecular weight is 247 g/mol. The Morgan fingerprint density at radius 1 is 1.22 bits per heavy atom. The summed E-state index contributed by atoms with van der Waals surface area (Å²) in [7, 11) is 0. The molecule has 0 fully saturated rings. The summed E-state index contributed by atoms with van der Waals surface area (Å²) in [5, 5.41) is 8.88. The average Bonchev–Trinajstić information content (AvgIpc) is 2.40. The summed E-state index contributed by atoms with van der Waals surface area (Å²) >= 11 is 0. The van der Waals surface area contributed by atoms with Crippen LogP contribution in [0.1, 0.15) is 22.4 Å². The summed E-state index contributed by atoms with van der Waals surface area (Å²) in [6, 6.07) is 11.1. The first kappa shape index (κ1) is 12.0. The van der Waals surface area contributed by atoms with Gasteiger partial charge in [-0.15, -0.1) is 0 Å². The van der Waals surface area contributed by atoms with Gasteiger partial charge in [0.25, 0.3) is 6.36 Å². The van der Waals surface area contributed by atoms with E-state index in [4.69, 9.17) is 9.84 Å². The fourth-order valence-electron chi connectivity index (χ4n) is 1.43. The number of nitrogens with zero attached hydrogens (tertiary/aromatic N) is 1. The first-order valence-electron chi connectivity index (χ1n) is 5.22. The number of halogens is 1. The Morgan fingerprint density at radius 2 is 1.94 bits per heavy atom. The van der Waals surface area contributed by atoms with E-state index >= 15 is 0 Å². The Hall–Kier alpha value is -2.43. The van der Waals surface area contributed by atoms with Crippen LogP contribution in [0, 0.1) is 0 Å². The van der Waals surface area contributed by atoms with Crippen LogP contribution in [0.4, 0.5) is 4.39 Å². The zero-order chi connectivity index (χ0) is 13.0. The topological polar surface area (TPSA) is 59.4 Å². The van der Waals surface area contributed by atoms with Crippen molar-refractivity contribution in [3.05, 3.63) is 59.9 Å². The molecule has 1 unspecified atom stereocenters. The molecule has 1 aromatic carbocycles. The van der Waals surface area contributed by atoms with E-state index in [1.54, 1.807) is 30.3 Å². The molecule has 18 heavy (non-hydrogen) atoms.